The molecule has 0 radical (unpaired) electrons. The molecule has 0 aromatic heterocycles. The normalized spacial score (nSPS) is 10.7. The molecule has 0 saturated carbocycles. The van der Waals surface area contributed by atoms with E-state index >= 15 is 0 Å². The second-order valence-corrected chi connectivity index (χ2v) is 6.40. The minimum Gasteiger partial charge on any atom is -0.330 e. The fourth-order valence-electron chi connectivity index (χ4n) is 2.76. The molecular formula is C20H41N5. The van der Waals surface area contributed by atoms with Gasteiger partial charge in [0.25, 0.3) is 0 Å². The van der Waals surface area contributed by atoms with Crippen LogP contribution in [0, 0.1) is 0 Å². The Kier molecular flexibility index (Phi) is 15.8. The van der Waals surface area contributed by atoms with E-state index < -0.39 is 0 Å². The predicted octanol–water partition coefficient (Wildman–Crippen LogP) is 1.87. The number of nitrogens with one attached hydrogen (secondary N) is 2. The SMILES string of the molecule is C.NCCCCCc1cc(CNCCCN)cc(CNCCCN)c1. The molecular weight excluding hydrogens is 310 g/mol. The minimum absolute atomic E-state index is 0. The maximum Gasteiger partial charge on any atom is 0.0205 e. The first kappa shape index (κ1) is 24.0. The summed E-state index contributed by atoms with van der Waals surface area (Å²) in [7, 11) is 0. The molecule has 1 aromatic carbocycles. The van der Waals surface area contributed by atoms with Crippen LogP contribution in [-0.2, 0) is 19.5 Å². The highest BCUT2D eigenvalue weighted by Gasteiger charge is 2.02. The Balaban J connectivity index is 0.00000576. The monoisotopic (exact) mass is 351 g/mol. The van der Waals surface area contributed by atoms with Crippen LogP contribution < -0.4 is 27.8 Å². The summed E-state index contributed by atoms with van der Waals surface area (Å²) < 4.78 is 0. The molecule has 146 valence electrons. The second-order valence-electron chi connectivity index (χ2n) is 6.40. The number of hydrogen-bond acceptors (Lipinski definition) is 5. The molecule has 5 nitrogen and oxygen atoms in total. The quantitative estimate of drug-likeness (QED) is 0.311. The van der Waals surface area contributed by atoms with Crippen LogP contribution in [0.2, 0.25) is 0 Å². The Morgan fingerprint density at radius 2 is 1.08 bits per heavy atom. The second kappa shape index (κ2) is 16.5. The Hall–Kier alpha value is -0.980. The molecule has 0 bridgehead atoms. The van der Waals surface area contributed by atoms with Crippen LogP contribution in [0.15, 0.2) is 18.2 Å². The molecule has 0 aliphatic heterocycles. The molecule has 1 rings (SSSR count). The van der Waals surface area contributed by atoms with Crippen molar-refractivity contribution in [2.75, 3.05) is 32.7 Å². The zero-order valence-electron chi connectivity index (χ0n) is 15.2. The molecule has 0 fully saturated rings. The fraction of sp³-hybridized carbons (Fsp3) is 0.700. The average molecular weight is 352 g/mol. The van der Waals surface area contributed by atoms with Gasteiger partial charge in [-0.3, -0.25) is 0 Å². The van der Waals surface area contributed by atoms with Gasteiger partial charge in [0.1, 0.15) is 0 Å². The summed E-state index contributed by atoms with van der Waals surface area (Å²) in [6.45, 7) is 6.04. The van der Waals surface area contributed by atoms with Gasteiger partial charge in [-0.15, -0.1) is 0 Å². The van der Waals surface area contributed by atoms with Gasteiger partial charge in [-0.05, 0) is 81.5 Å². The van der Waals surface area contributed by atoms with Crippen LogP contribution in [0.25, 0.3) is 0 Å². The lowest BCUT2D eigenvalue weighted by molar-refractivity contribution is 0.644. The van der Waals surface area contributed by atoms with E-state index in [2.05, 4.69) is 28.8 Å². The summed E-state index contributed by atoms with van der Waals surface area (Å²) in [5, 5.41) is 6.95. The number of benzene rings is 1. The summed E-state index contributed by atoms with van der Waals surface area (Å²) in [6, 6.07) is 6.97. The van der Waals surface area contributed by atoms with Crippen LogP contribution in [0.5, 0.6) is 0 Å². The van der Waals surface area contributed by atoms with E-state index in [4.69, 9.17) is 17.2 Å². The molecule has 0 heterocycles. The molecule has 0 unspecified atom stereocenters. The molecule has 0 spiro atoms. The van der Waals surface area contributed by atoms with E-state index in [-0.39, 0.29) is 7.43 Å². The Morgan fingerprint density at radius 3 is 1.56 bits per heavy atom. The number of aryl methyl sites for hydroxylation is 1. The molecule has 5 heteroatoms. The lowest BCUT2D eigenvalue weighted by Gasteiger charge is -2.12. The van der Waals surface area contributed by atoms with Crippen LogP contribution >= 0.6 is 0 Å². The fourth-order valence-corrected chi connectivity index (χ4v) is 2.76. The summed E-state index contributed by atoms with van der Waals surface area (Å²) in [4.78, 5) is 0. The Morgan fingerprint density at radius 1 is 0.600 bits per heavy atom. The van der Waals surface area contributed by atoms with Crippen LogP contribution in [0.4, 0.5) is 0 Å². The first-order valence-corrected chi connectivity index (χ1v) is 9.43. The first-order valence-electron chi connectivity index (χ1n) is 9.43. The zero-order chi connectivity index (χ0) is 17.5. The summed E-state index contributed by atoms with van der Waals surface area (Å²) in [6.07, 6.45) is 6.71. The largest absolute Gasteiger partial charge is 0.330 e. The molecule has 0 atom stereocenters. The highest BCUT2D eigenvalue weighted by Crippen LogP contribution is 2.14. The van der Waals surface area contributed by atoms with Crippen molar-refractivity contribution >= 4 is 0 Å². The van der Waals surface area contributed by atoms with Crippen LogP contribution in [0.3, 0.4) is 0 Å². The molecule has 0 aliphatic carbocycles. The van der Waals surface area contributed by atoms with Crippen molar-refractivity contribution in [1.82, 2.24) is 10.6 Å². The minimum atomic E-state index is 0. The molecule has 25 heavy (non-hydrogen) atoms. The smallest absolute Gasteiger partial charge is 0.0205 e. The molecule has 0 amide bonds. The van der Waals surface area contributed by atoms with Crippen molar-refractivity contribution in [3.63, 3.8) is 0 Å². The maximum absolute atomic E-state index is 5.58. The van der Waals surface area contributed by atoms with Crippen molar-refractivity contribution in [1.29, 1.82) is 0 Å². The van der Waals surface area contributed by atoms with Gasteiger partial charge in [0, 0.05) is 13.1 Å². The van der Waals surface area contributed by atoms with E-state index in [1.807, 2.05) is 0 Å². The van der Waals surface area contributed by atoms with E-state index in [0.29, 0.717) is 0 Å². The topological polar surface area (TPSA) is 102 Å². The third-order valence-corrected chi connectivity index (χ3v) is 4.06. The third-order valence-electron chi connectivity index (χ3n) is 4.06. The summed E-state index contributed by atoms with van der Waals surface area (Å²) >= 11 is 0. The number of rotatable bonds is 15. The Bertz CT molecular complexity index is 348. The summed E-state index contributed by atoms with van der Waals surface area (Å²) in [5.41, 5.74) is 20.8. The average Bonchev–Trinajstić information content (AvgIpc) is 2.59. The number of hydrogen-bond donors (Lipinski definition) is 5. The zero-order valence-corrected chi connectivity index (χ0v) is 15.2. The van der Waals surface area contributed by atoms with Crippen molar-refractivity contribution < 1.29 is 0 Å². The van der Waals surface area contributed by atoms with Gasteiger partial charge in [0.05, 0.1) is 0 Å². The van der Waals surface area contributed by atoms with Gasteiger partial charge in [-0.25, -0.2) is 0 Å². The van der Waals surface area contributed by atoms with E-state index in [0.717, 1.165) is 71.5 Å². The highest BCUT2D eigenvalue weighted by atomic mass is 14.9. The van der Waals surface area contributed by atoms with Gasteiger partial charge in [0.15, 0.2) is 0 Å². The van der Waals surface area contributed by atoms with Gasteiger partial charge in [-0.2, -0.15) is 0 Å². The van der Waals surface area contributed by atoms with Crippen molar-refractivity contribution in [3.05, 3.63) is 34.9 Å². The van der Waals surface area contributed by atoms with E-state index in [1.54, 1.807) is 0 Å². The van der Waals surface area contributed by atoms with Gasteiger partial charge in [0.2, 0.25) is 0 Å². The highest BCUT2D eigenvalue weighted by molar-refractivity contribution is 5.30. The van der Waals surface area contributed by atoms with Gasteiger partial charge < -0.3 is 27.8 Å². The standard InChI is InChI=1S/C19H37N5.CH4/c20-7-3-1-2-6-17-12-18(15-23-10-4-8-21)14-19(13-17)16-24-11-5-9-22;/h12-14,23-24H,1-11,15-16,20-22H2;1H4. The molecule has 8 N–H and O–H groups in total. The number of unbranched alkanes of at least 4 members (excludes halogenated alkanes) is 2. The predicted molar refractivity (Wildman–Crippen MR) is 111 cm³/mol. The first-order chi connectivity index (χ1) is 11.8. The van der Waals surface area contributed by atoms with Gasteiger partial charge >= 0.3 is 0 Å². The lowest BCUT2D eigenvalue weighted by Crippen LogP contribution is -2.19. The van der Waals surface area contributed by atoms with Crippen LogP contribution in [0.1, 0.15) is 56.2 Å². The number of nitrogens with two attached hydrogens (primary N) is 3. The van der Waals surface area contributed by atoms with Crippen molar-refractivity contribution in [2.24, 2.45) is 17.2 Å². The Labute approximate surface area is 155 Å². The van der Waals surface area contributed by atoms with Gasteiger partial charge in [-0.1, -0.05) is 32.0 Å². The third kappa shape index (κ3) is 12.1. The summed E-state index contributed by atoms with van der Waals surface area (Å²) in [5.74, 6) is 0. The van der Waals surface area contributed by atoms with Crippen molar-refractivity contribution in [3.8, 4) is 0 Å². The lowest BCUT2D eigenvalue weighted by atomic mass is 10.0. The molecule has 1 aromatic rings. The molecule has 0 saturated heterocycles. The maximum atomic E-state index is 5.58. The van der Waals surface area contributed by atoms with Crippen molar-refractivity contribution in [2.45, 2.75) is 59.0 Å². The molecule has 0 aliphatic rings. The van der Waals surface area contributed by atoms with E-state index in [9.17, 15) is 0 Å². The van der Waals surface area contributed by atoms with Crippen LogP contribution in [-0.4, -0.2) is 32.7 Å². The van der Waals surface area contributed by atoms with E-state index in [1.165, 1.54) is 29.5 Å².